The zero-order valence-corrected chi connectivity index (χ0v) is 11.2. The lowest BCUT2D eigenvalue weighted by Crippen LogP contribution is -2.30. The summed E-state index contributed by atoms with van der Waals surface area (Å²) in [4.78, 5) is 0. The second-order valence-electron chi connectivity index (χ2n) is 4.79. The molecule has 1 aliphatic carbocycles. The first kappa shape index (κ1) is 13.1. The van der Waals surface area contributed by atoms with E-state index in [1.807, 2.05) is 6.07 Å². The van der Waals surface area contributed by atoms with E-state index in [2.05, 4.69) is 0 Å². The summed E-state index contributed by atoms with van der Waals surface area (Å²) >= 11 is 0. The molecule has 1 fully saturated rings. The second kappa shape index (κ2) is 5.09. The summed E-state index contributed by atoms with van der Waals surface area (Å²) < 4.78 is 25.6. The number of sulfonamides is 1. The van der Waals surface area contributed by atoms with Crippen LogP contribution in [0.3, 0.4) is 0 Å². The highest BCUT2D eigenvalue weighted by Gasteiger charge is 2.28. The molecule has 4 nitrogen and oxygen atoms in total. The summed E-state index contributed by atoms with van der Waals surface area (Å²) in [5, 5.41) is 8.68. The first-order valence-corrected chi connectivity index (χ1v) is 7.55. The van der Waals surface area contributed by atoms with Gasteiger partial charge in [0.15, 0.2) is 0 Å². The monoisotopic (exact) mass is 264 g/mol. The van der Waals surface area contributed by atoms with Crippen molar-refractivity contribution in [2.24, 2.45) is 5.92 Å². The number of rotatable bonds is 5. The van der Waals surface area contributed by atoms with Crippen molar-refractivity contribution in [1.82, 2.24) is 4.31 Å². The third-order valence-electron chi connectivity index (χ3n) is 3.12. The van der Waals surface area contributed by atoms with Crippen LogP contribution in [-0.4, -0.2) is 26.3 Å². The number of nitriles is 1. The molecule has 0 unspecified atom stereocenters. The van der Waals surface area contributed by atoms with Crippen LogP contribution in [0.2, 0.25) is 0 Å². The van der Waals surface area contributed by atoms with Crippen molar-refractivity contribution >= 4 is 10.0 Å². The molecule has 5 heteroatoms. The van der Waals surface area contributed by atoms with Gasteiger partial charge in [0, 0.05) is 13.6 Å². The Morgan fingerprint density at radius 2 is 1.94 bits per heavy atom. The fourth-order valence-corrected chi connectivity index (χ4v) is 3.05. The molecule has 0 radical (unpaired) electrons. The lowest BCUT2D eigenvalue weighted by Gasteiger charge is -2.16. The molecule has 0 bridgehead atoms. The largest absolute Gasteiger partial charge is 0.218 e. The van der Waals surface area contributed by atoms with Gasteiger partial charge in [0.1, 0.15) is 0 Å². The Morgan fingerprint density at radius 1 is 1.33 bits per heavy atom. The highest BCUT2D eigenvalue weighted by atomic mass is 32.2. The molecule has 1 aliphatic rings. The Labute approximate surface area is 108 Å². The lowest BCUT2D eigenvalue weighted by molar-refractivity contribution is 0.452. The third kappa shape index (κ3) is 3.31. The molecular weight excluding hydrogens is 248 g/mol. The van der Waals surface area contributed by atoms with Crippen LogP contribution in [0.25, 0.3) is 0 Å². The molecule has 2 rings (SSSR count). The van der Waals surface area contributed by atoms with Gasteiger partial charge in [-0.05, 0) is 36.5 Å². The van der Waals surface area contributed by atoms with Crippen molar-refractivity contribution in [1.29, 1.82) is 5.26 Å². The topological polar surface area (TPSA) is 61.2 Å². The van der Waals surface area contributed by atoms with Gasteiger partial charge in [-0.3, -0.25) is 0 Å². The predicted octanol–water partition coefficient (Wildman–Crippen LogP) is 1.73. The van der Waals surface area contributed by atoms with Crippen molar-refractivity contribution in [3.8, 4) is 6.07 Å². The average molecular weight is 264 g/mol. The predicted molar refractivity (Wildman–Crippen MR) is 69.1 cm³/mol. The highest BCUT2D eigenvalue weighted by molar-refractivity contribution is 7.88. The van der Waals surface area contributed by atoms with Gasteiger partial charge in [0.2, 0.25) is 10.0 Å². The Bertz CT molecular complexity index is 554. The molecule has 0 atom stereocenters. The zero-order chi connectivity index (χ0) is 13.2. The molecule has 1 aromatic rings. The molecule has 0 N–H and O–H groups in total. The van der Waals surface area contributed by atoms with Gasteiger partial charge in [-0.1, -0.05) is 12.1 Å². The van der Waals surface area contributed by atoms with Crippen LogP contribution in [0.15, 0.2) is 24.3 Å². The maximum Gasteiger partial charge on any atom is 0.218 e. The molecule has 0 aromatic heterocycles. The number of hydrogen-bond donors (Lipinski definition) is 0. The van der Waals surface area contributed by atoms with Gasteiger partial charge in [-0.2, -0.15) is 5.26 Å². The highest BCUT2D eigenvalue weighted by Crippen LogP contribution is 2.30. The molecule has 1 saturated carbocycles. The molecule has 0 saturated heterocycles. The molecule has 96 valence electrons. The van der Waals surface area contributed by atoms with E-state index < -0.39 is 10.0 Å². The Hall–Kier alpha value is -1.38. The summed E-state index contributed by atoms with van der Waals surface area (Å²) in [6.07, 6.45) is 2.27. The van der Waals surface area contributed by atoms with Crippen LogP contribution in [0.5, 0.6) is 0 Å². The van der Waals surface area contributed by atoms with Gasteiger partial charge in [0.25, 0.3) is 0 Å². The quantitative estimate of drug-likeness (QED) is 0.813. The van der Waals surface area contributed by atoms with Crippen LogP contribution < -0.4 is 0 Å². The van der Waals surface area contributed by atoms with E-state index in [0.717, 1.165) is 18.4 Å². The zero-order valence-electron chi connectivity index (χ0n) is 10.3. The van der Waals surface area contributed by atoms with Crippen molar-refractivity contribution in [3.63, 3.8) is 0 Å². The normalized spacial score (nSPS) is 15.6. The van der Waals surface area contributed by atoms with E-state index in [9.17, 15) is 8.42 Å². The van der Waals surface area contributed by atoms with Gasteiger partial charge in [-0.25, -0.2) is 12.7 Å². The molecule has 18 heavy (non-hydrogen) atoms. The minimum absolute atomic E-state index is 0.00191. The van der Waals surface area contributed by atoms with E-state index in [1.165, 1.54) is 4.31 Å². The van der Waals surface area contributed by atoms with E-state index in [-0.39, 0.29) is 5.75 Å². The number of hydrogen-bond acceptors (Lipinski definition) is 3. The minimum atomic E-state index is -3.24. The van der Waals surface area contributed by atoms with Crippen LogP contribution in [0.4, 0.5) is 0 Å². The Kier molecular flexibility index (Phi) is 3.69. The van der Waals surface area contributed by atoms with E-state index in [1.54, 1.807) is 31.3 Å². The fourth-order valence-electron chi connectivity index (χ4n) is 1.77. The standard InChI is InChI=1S/C13H16N2O2S/c1-15(9-12-4-5-12)18(16,17)10-13-6-2-11(8-14)3-7-13/h2-3,6-7,12H,4-5,9-10H2,1H3. The van der Waals surface area contributed by atoms with Gasteiger partial charge in [0.05, 0.1) is 17.4 Å². The number of benzene rings is 1. The fraction of sp³-hybridized carbons (Fsp3) is 0.462. The van der Waals surface area contributed by atoms with Crippen molar-refractivity contribution < 1.29 is 8.42 Å². The van der Waals surface area contributed by atoms with Crippen LogP contribution in [-0.2, 0) is 15.8 Å². The van der Waals surface area contributed by atoms with E-state index >= 15 is 0 Å². The first-order valence-electron chi connectivity index (χ1n) is 5.94. The van der Waals surface area contributed by atoms with Gasteiger partial charge in [-0.15, -0.1) is 0 Å². The van der Waals surface area contributed by atoms with Gasteiger partial charge >= 0.3 is 0 Å². The summed E-state index contributed by atoms with van der Waals surface area (Å²) in [6.45, 7) is 0.624. The maximum absolute atomic E-state index is 12.1. The molecule has 0 aliphatic heterocycles. The molecule has 0 heterocycles. The molecule has 1 aromatic carbocycles. The summed E-state index contributed by atoms with van der Waals surface area (Å²) in [5.41, 5.74) is 1.26. The third-order valence-corrected chi connectivity index (χ3v) is 4.92. The van der Waals surface area contributed by atoms with Crippen molar-refractivity contribution in [2.75, 3.05) is 13.6 Å². The Morgan fingerprint density at radius 3 is 2.44 bits per heavy atom. The maximum atomic E-state index is 12.1. The second-order valence-corrected chi connectivity index (χ2v) is 6.86. The molecule has 0 spiro atoms. The van der Waals surface area contributed by atoms with E-state index in [4.69, 9.17) is 5.26 Å². The molecular formula is C13H16N2O2S. The van der Waals surface area contributed by atoms with Gasteiger partial charge < -0.3 is 0 Å². The van der Waals surface area contributed by atoms with Crippen molar-refractivity contribution in [2.45, 2.75) is 18.6 Å². The summed E-state index contributed by atoms with van der Waals surface area (Å²) in [7, 11) is -1.60. The molecule has 0 amide bonds. The average Bonchev–Trinajstić information content (AvgIpc) is 3.13. The Balaban J connectivity index is 2.03. The first-order chi connectivity index (χ1) is 8.51. The summed E-state index contributed by atoms with van der Waals surface area (Å²) in [5.74, 6) is 0.549. The van der Waals surface area contributed by atoms with Crippen LogP contribution in [0.1, 0.15) is 24.0 Å². The SMILES string of the molecule is CN(CC1CC1)S(=O)(=O)Cc1ccc(C#N)cc1. The van der Waals surface area contributed by atoms with Crippen molar-refractivity contribution in [3.05, 3.63) is 35.4 Å². The smallest absolute Gasteiger partial charge is 0.212 e. The van der Waals surface area contributed by atoms with Crippen LogP contribution >= 0.6 is 0 Å². The van der Waals surface area contributed by atoms with E-state index in [0.29, 0.717) is 18.0 Å². The lowest BCUT2D eigenvalue weighted by atomic mass is 10.2. The summed E-state index contributed by atoms with van der Waals surface area (Å²) in [6, 6.07) is 8.69. The minimum Gasteiger partial charge on any atom is -0.212 e. The number of nitrogens with zero attached hydrogens (tertiary/aromatic N) is 2. The van der Waals surface area contributed by atoms with Crippen LogP contribution in [0, 0.1) is 17.2 Å².